The first kappa shape index (κ1) is 19.5. The SMILES string of the molecule is COc1ccc(C(=O)NCC2CC2)nc1N1CCCN(C2CCNCC2)CC1. The number of methoxy groups -OCH3 is 1. The average Bonchev–Trinajstić information content (AvgIpc) is 3.59. The maximum atomic E-state index is 12.5. The Kier molecular flexibility index (Phi) is 6.32. The smallest absolute Gasteiger partial charge is 0.269 e. The number of nitrogens with zero attached hydrogens (tertiary/aromatic N) is 3. The molecule has 3 aliphatic rings. The second kappa shape index (κ2) is 9.09. The van der Waals surface area contributed by atoms with Gasteiger partial charge in [0.2, 0.25) is 0 Å². The number of anilines is 1. The highest BCUT2D eigenvalue weighted by molar-refractivity contribution is 5.93. The first-order chi connectivity index (χ1) is 13.7. The molecule has 4 rings (SSSR count). The zero-order chi connectivity index (χ0) is 19.3. The third-order valence-corrected chi connectivity index (χ3v) is 6.20. The number of aromatic nitrogens is 1. The van der Waals surface area contributed by atoms with Crippen LogP contribution in [0.3, 0.4) is 0 Å². The molecule has 28 heavy (non-hydrogen) atoms. The maximum Gasteiger partial charge on any atom is 0.269 e. The summed E-state index contributed by atoms with van der Waals surface area (Å²) in [6.45, 7) is 7.03. The molecule has 0 spiro atoms. The molecule has 7 nitrogen and oxygen atoms in total. The van der Waals surface area contributed by atoms with Crippen molar-refractivity contribution in [1.29, 1.82) is 0 Å². The third kappa shape index (κ3) is 4.75. The van der Waals surface area contributed by atoms with Gasteiger partial charge in [0.1, 0.15) is 5.69 Å². The summed E-state index contributed by atoms with van der Waals surface area (Å²) in [6, 6.07) is 4.34. The number of nitrogens with one attached hydrogen (secondary N) is 2. The van der Waals surface area contributed by atoms with Crippen LogP contribution < -0.4 is 20.3 Å². The predicted molar refractivity (Wildman–Crippen MR) is 110 cm³/mol. The molecule has 1 aromatic heterocycles. The Bertz CT molecular complexity index is 673. The number of ether oxygens (including phenoxy) is 1. The van der Waals surface area contributed by atoms with Gasteiger partial charge in [0.15, 0.2) is 11.6 Å². The Morgan fingerprint density at radius 1 is 1.18 bits per heavy atom. The maximum absolute atomic E-state index is 12.5. The van der Waals surface area contributed by atoms with Gasteiger partial charge in [-0.25, -0.2) is 4.98 Å². The lowest BCUT2D eigenvalue weighted by Crippen LogP contribution is -2.44. The van der Waals surface area contributed by atoms with E-state index in [1.165, 1.54) is 25.7 Å². The van der Waals surface area contributed by atoms with E-state index in [0.29, 0.717) is 17.7 Å². The van der Waals surface area contributed by atoms with Gasteiger partial charge in [0.05, 0.1) is 7.11 Å². The summed E-state index contributed by atoms with van der Waals surface area (Å²) in [4.78, 5) is 22.1. The first-order valence-corrected chi connectivity index (χ1v) is 10.8. The highest BCUT2D eigenvalue weighted by Crippen LogP contribution is 2.29. The first-order valence-electron chi connectivity index (χ1n) is 10.8. The minimum Gasteiger partial charge on any atom is -0.493 e. The molecule has 0 unspecified atom stereocenters. The summed E-state index contributed by atoms with van der Waals surface area (Å²) in [6.07, 6.45) is 6.02. The molecule has 1 saturated carbocycles. The van der Waals surface area contributed by atoms with Crippen molar-refractivity contribution in [2.24, 2.45) is 5.92 Å². The molecule has 0 aromatic carbocycles. The standard InChI is InChI=1S/C21H33N5O2/c1-28-19-6-5-18(21(27)23-15-16-3-4-16)24-20(19)26-12-2-11-25(13-14-26)17-7-9-22-10-8-17/h5-6,16-17,22H,2-4,7-15H2,1H3,(H,23,27). The molecule has 3 fully saturated rings. The predicted octanol–water partition coefficient (Wildman–Crippen LogP) is 1.49. The van der Waals surface area contributed by atoms with Crippen LogP contribution in [-0.2, 0) is 0 Å². The molecular formula is C21H33N5O2. The lowest BCUT2D eigenvalue weighted by molar-refractivity contribution is 0.0947. The van der Waals surface area contributed by atoms with Gasteiger partial charge in [-0.1, -0.05) is 0 Å². The Hall–Kier alpha value is -1.86. The summed E-state index contributed by atoms with van der Waals surface area (Å²) in [5.74, 6) is 2.12. The van der Waals surface area contributed by atoms with E-state index in [1.807, 2.05) is 6.07 Å². The van der Waals surface area contributed by atoms with Crippen molar-refractivity contribution in [3.63, 3.8) is 0 Å². The number of hydrogen-bond donors (Lipinski definition) is 2. The van der Waals surface area contributed by atoms with E-state index in [2.05, 4.69) is 20.4 Å². The summed E-state index contributed by atoms with van der Waals surface area (Å²) in [7, 11) is 1.67. The summed E-state index contributed by atoms with van der Waals surface area (Å²) >= 11 is 0. The number of piperidine rings is 1. The molecule has 2 N–H and O–H groups in total. The molecule has 0 atom stereocenters. The quantitative estimate of drug-likeness (QED) is 0.771. The Morgan fingerprint density at radius 2 is 2.00 bits per heavy atom. The minimum absolute atomic E-state index is 0.0815. The molecule has 1 aromatic rings. The van der Waals surface area contributed by atoms with E-state index in [0.717, 1.165) is 63.8 Å². The zero-order valence-corrected chi connectivity index (χ0v) is 17.0. The van der Waals surface area contributed by atoms with Crippen LogP contribution in [0.25, 0.3) is 0 Å². The second-order valence-electron chi connectivity index (χ2n) is 8.23. The number of rotatable bonds is 6. The van der Waals surface area contributed by atoms with Crippen LogP contribution in [0.2, 0.25) is 0 Å². The second-order valence-corrected chi connectivity index (χ2v) is 8.23. The summed E-state index contributed by atoms with van der Waals surface area (Å²) < 4.78 is 5.57. The van der Waals surface area contributed by atoms with Crippen molar-refractivity contribution in [2.75, 3.05) is 57.8 Å². The van der Waals surface area contributed by atoms with E-state index in [1.54, 1.807) is 13.2 Å². The van der Waals surface area contributed by atoms with Crippen molar-refractivity contribution >= 4 is 11.7 Å². The van der Waals surface area contributed by atoms with Crippen molar-refractivity contribution in [3.05, 3.63) is 17.8 Å². The molecule has 1 aliphatic carbocycles. The monoisotopic (exact) mass is 387 g/mol. The van der Waals surface area contributed by atoms with Crippen LogP contribution in [0.4, 0.5) is 5.82 Å². The average molecular weight is 388 g/mol. The van der Waals surface area contributed by atoms with E-state index in [9.17, 15) is 4.79 Å². The molecular weight excluding hydrogens is 354 g/mol. The summed E-state index contributed by atoms with van der Waals surface area (Å²) in [5, 5.41) is 6.47. The van der Waals surface area contributed by atoms with Crippen LogP contribution in [0, 0.1) is 5.92 Å². The molecule has 2 aliphatic heterocycles. The molecule has 7 heteroatoms. The lowest BCUT2D eigenvalue weighted by atomic mass is 10.0. The van der Waals surface area contributed by atoms with Crippen LogP contribution in [0.15, 0.2) is 12.1 Å². The highest BCUT2D eigenvalue weighted by Gasteiger charge is 2.26. The van der Waals surface area contributed by atoms with Crippen molar-refractivity contribution in [2.45, 2.75) is 38.1 Å². The lowest BCUT2D eigenvalue weighted by Gasteiger charge is -2.33. The number of pyridine rings is 1. The number of carbonyl (C=O) groups is 1. The van der Waals surface area contributed by atoms with Crippen molar-refractivity contribution in [3.8, 4) is 5.75 Å². The van der Waals surface area contributed by atoms with Crippen LogP contribution >= 0.6 is 0 Å². The summed E-state index contributed by atoms with van der Waals surface area (Å²) in [5.41, 5.74) is 0.482. The van der Waals surface area contributed by atoms with E-state index in [4.69, 9.17) is 9.72 Å². The fourth-order valence-corrected chi connectivity index (χ4v) is 4.28. The van der Waals surface area contributed by atoms with Gasteiger partial charge in [-0.15, -0.1) is 0 Å². The molecule has 0 bridgehead atoms. The zero-order valence-electron chi connectivity index (χ0n) is 17.0. The van der Waals surface area contributed by atoms with Gasteiger partial charge in [0.25, 0.3) is 5.91 Å². The van der Waals surface area contributed by atoms with E-state index < -0.39 is 0 Å². The van der Waals surface area contributed by atoms with Gasteiger partial charge in [0, 0.05) is 38.8 Å². The molecule has 154 valence electrons. The van der Waals surface area contributed by atoms with Crippen LogP contribution in [0.5, 0.6) is 5.75 Å². The fourth-order valence-electron chi connectivity index (χ4n) is 4.28. The Labute approximate surface area is 167 Å². The number of carbonyl (C=O) groups excluding carboxylic acids is 1. The molecule has 3 heterocycles. The topological polar surface area (TPSA) is 69.7 Å². The van der Waals surface area contributed by atoms with Crippen LogP contribution in [-0.4, -0.2) is 74.8 Å². The third-order valence-electron chi connectivity index (χ3n) is 6.20. The van der Waals surface area contributed by atoms with Gasteiger partial charge >= 0.3 is 0 Å². The molecule has 2 saturated heterocycles. The van der Waals surface area contributed by atoms with Crippen LogP contribution in [0.1, 0.15) is 42.6 Å². The van der Waals surface area contributed by atoms with Gasteiger partial charge in [-0.05, 0) is 63.2 Å². The van der Waals surface area contributed by atoms with E-state index >= 15 is 0 Å². The highest BCUT2D eigenvalue weighted by atomic mass is 16.5. The normalized spacial score (nSPS) is 22.0. The number of amides is 1. The molecule has 0 radical (unpaired) electrons. The van der Waals surface area contributed by atoms with Crippen molar-refractivity contribution in [1.82, 2.24) is 20.5 Å². The molecule has 1 amide bonds. The van der Waals surface area contributed by atoms with Gasteiger partial charge in [-0.3, -0.25) is 9.69 Å². The Balaban J connectivity index is 1.43. The van der Waals surface area contributed by atoms with Gasteiger partial charge in [-0.2, -0.15) is 0 Å². The van der Waals surface area contributed by atoms with Gasteiger partial charge < -0.3 is 20.3 Å². The van der Waals surface area contributed by atoms with Crippen molar-refractivity contribution < 1.29 is 9.53 Å². The Morgan fingerprint density at radius 3 is 2.75 bits per heavy atom. The fraction of sp³-hybridized carbons (Fsp3) is 0.714. The largest absolute Gasteiger partial charge is 0.493 e. The minimum atomic E-state index is -0.0815. The van der Waals surface area contributed by atoms with E-state index in [-0.39, 0.29) is 5.91 Å². The number of hydrogen-bond acceptors (Lipinski definition) is 6.